The maximum absolute atomic E-state index is 12.8. The molecule has 0 aliphatic heterocycles. The summed E-state index contributed by atoms with van der Waals surface area (Å²) >= 11 is 0. The molecule has 28 heavy (non-hydrogen) atoms. The predicted molar refractivity (Wildman–Crippen MR) is 109 cm³/mol. The molecule has 0 fully saturated rings. The number of esters is 1. The highest BCUT2D eigenvalue weighted by molar-refractivity contribution is 5.85. The molecule has 4 nitrogen and oxygen atoms in total. The molecular formula is C24H23NO3. The molecule has 3 rings (SSSR count). The third kappa shape index (κ3) is 5.07. The van der Waals surface area contributed by atoms with Crippen molar-refractivity contribution >= 4 is 11.9 Å². The van der Waals surface area contributed by atoms with Crippen molar-refractivity contribution in [1.29, 1.82) is 0 Å². The Balaban J connectivity index is 1.65. The summed E-state index contributed by atoms with van der Waals surface area (Å²) in [7, 11) is 0. The van der Waals surface area contributed by atoms with Crippen molar-refractivity contribution in [1.82, 2.24) is 5.32 Å². The van der Waals surface area contributed by atoms with E-state index in [2.05, 4.69) is 5.32 Å². The highest BCUT2D eigenvalue weighted by Gasteiger charge is 2.25. The second-order valence-electron chi connectivity index (χ2n) is 6.56. The van der Waals surface area contributed by atoms with E-state index in [1.54, 1.807) is 0 Å². The molecule has 0 aliphatic carbocycles. The Morgan fingerprint density at radius 1 is 0.750 bits per heavy atom. The number of rotatable bonds is 7. The maximum atomic E-state index is 12.8. The van der Waals surface area contributed by atoms with E-state index < -0.39 is 11.9 Å². The quantitative estimate of drug-likeness (QED) is 0.630. The van der Waals surface area contributed by atoms with Gasteiger partial charge in [0.15, 0.2) is 6.61 Å². The van der Waals surface area contributed by atoms with Gasteiger partial charge in [0.25, 0.3) is 5.91 Å². The Morgan fingerprint density at radius 2 is 1.18 bits per heavy atom. The molecule has 1 unspecified atom stereocenters. The lowest BCUT2D eigenvalue weighted by molar-refractivity contribution is -0.149. The monoisotopic (exact) mass is 373 g/mol. The number of hydrogen-bond donors (Lipinski definition) is 1. The van der Waals surface area contributed by atoms with Crippen LogP contribution in [-0.2, 0) is 14.3 Å². The Hall–Kier alpha value is -3.40. The number of nitrogens with one attached hydrogen (secondary N) is 1. The topological polar surface area (TPSA) is 55.4 Å². The lowest BCUT2D eigenvalue weighted by Gasteiger charge is -2.18. The zero-order valence-electron chi connectivity index (χ0n) is 15.7. The summed E-state index contributed by atoms with van der Waals surface area (Å²) in [5, 5.41) is 2.85. The summed E-state index contributed by atoms with van der Waals surface area (Å²) < 4.78 is 5.36. The van der Waals surface area contributed by atoms with Crippen molar-refractivity contribution < 1.29 is 14.3 Å². The molecule has 0 spiro atoms. The lowest BCUT2D eigenvalue weighted by atomic mass is 9.91. The van der Waals surface area contributed by atoms with Crippen LogP contribution in [0.4, 0.5) is 0 Å². The first-order chi connectivity index (χ1) is 13.6. The molecule has 4 heteroatoms. The van der Waals surface area contributed by atoms with Crippen LogP contribution in [0.15, 0.2) is 91.0 Å². The minimum atomic E-state index is -0.568. The van der Waals surface area contributed by atoms with Gasteiger partial charge in [-0.2, -0.15) is 0 Å². The average molecular weight is 373 g/mol. The second-order valence-corrected chi connectivity index (χ2v) is 6.56. The fourth-order valence-corrected chi connectivity index (χ4v) is 3.08. The highest BCUT2D eigenvalue weighted by Crippen LogP contribution is 2.25. The maximum Gasteiger partial charge on any atom is 0.318 e. The fraction of sp³-hybridized carbons (Fsp3) is 0.167. The van der Waals surface area contributed by atoms with E-state index in [0.29, 0.717) is 0 Å². The predicted octanol–water partition coefficient (Wildman–Crippen LogP) is 4.24. The van der Waals surface area contributed by atoms with Crippen LogP contribution in [0.5, 0.6) is 0 Å². The molecule has 1 N–H and O–H groups in total. The summed E-state index contributed by atoms with van der Waals surface area (Å²) in [5.74, 6) is -1.34. The van der Waals surface area contributed by atoms with E-state index in [4.69, 9.17) is 4.74 Å². The summed E-state index contributed by atoms with van der Waals surface area (Å²) in [4.78, 5) is 25.0. The van der Waals surface area contributed by atoms with E-state index in [9.17, 15) is 9.59 Å². The largest absolute Gasteiger partial charge is 0.455 e. The first-order valence-corrected chi connectivity index (χ1v) is 9.26. The standard InChI is InChI=1S/C24H23NO3/c1-18(19-11-5-2-6-12-19)25-22(26)17-28-24(27)23(20-13-7-3-8-14-20)21-15-9-4-10-16-21/h2-16,18,23H,17H2,1H3,(H,25,26). The zero-order valence-corrected chi connectivity index (χ0v) is 15.7. The van der Waals surface area contributed by atoms with E-state index in [-0.39, 0.29) is 18.6 Å². The van der Waals surface area contributed by atoms with Crippen LogP contribution in [0.3, 0.4) is 0 Å². The van der Waals surface area contributed by atoms with Gasteiger partial charge in [-0.15, -0.1) is 0 Å². The summed E-state index contributed by atoms with van der Waals surface area (Å²) in [6, 6.07) is 28.4. The van der Waals surface area contributed by atoms with E-state index in [1.807, 2.05) is 97.9 Å². The molecule has 0 saturated carbocycles. The van der Waals surface area contributed by atoms with Crippen molar-refractivity contribution in [3.05, 3.63) is 108 Å². The molecule has 1 amide bonds. The average Bonchev–Trinajstić information content (AvgIpc) is 2.74. The van der Waals surface area contributed by atoms with Crippen molar-refractivity contribution in [3.8, 4) is 0 Å². The molecule has 0 heterocycles. The van der Waals surface area contributed by atoms with Crippen LogP contribution in [-0.4, -0.2) is 18.5 Å². The van der Waals surface area contributed by atoms with Crippen LogP contribution in [0.2, 0.25) is 0 Å². The Kier molecular flexibility index (Phi) is 6.58. The van der Waals surface area contributed by atoms with Crippen molar-refractivity contribution in [2.75, 3.05) is 6.61 Å². The van der Waals surface area contributed by atoms with Crippen LogP contribution in [0.1, 0.15) is 35.6 Å². The van der Waals surface area contributed by atoms with Gasteiger partial charge in [-0.05, 0) is 23.6 Å². The van der Waals surface area contributed by atoms with Gasteiger partial charge in [0, 0.05) is 0 Å². The normalized spacial score (nSPS) is 11.6. The zero-order chi connectivity index (χ0) is 19.8. The summed E-state index contributed by atoms with van der Waals surface area (Å²) in [6.07, 6.45) is 0. The molecule has 3 aromatic carbocycles. The van der Waals surface area contributed by atoms with Gasteiger partial charge in [0.1, 0.15) is 5.92 Å². The van der Waals surface area contributed by atoms with Gasteiger partial charge in [0.05, 0.1) is 6.04 Å². The van der Waals surface area contributed by atoms with Crippen LogP contribution >= 0.6 is 0 Å². The Labute approximate surface area is 165 Å². The third-order valence-electron chi connectivity index (χ3n) is 4.52. The van der Waals surface area contributed by atoms with Gasteiger partial charge in [-0.1, -0.05) is 91.0 Å². The molecule has 0 aromatic heterocycles. The molecule has 0 saturated heterocycles. The van der Waals surface area contributed by atoms with Gasteiger partial charge >= 0.3 is 5.97 Å². The van der Waals surface area contributed by atoms with E-state index >= 15 is 0 Å². The molecule has 3 aromatic rings. The van der Waals surface area contributed by atoms with Gasteiger partial charge < -0.3 is 10.1 Å². The lowest BCUT2D eigenvalue weighted by Crippen LogP contribution is -2.32. The van der Waals surface area contributed by atoms with Crippen molar-refractivity contribution in [3.63, 3.8) is 0 Å². The minimum Gasteiger partial charge on any atom is -0.455 e. The van der Waals surface area contributed by atoms with Crippen LogP contribution in [0.25, 0.3) is 0 Å². The number of hydrogen-bond acceptors (Lipinski definition) is 3. The summed E-state index contributed by atoms with van der Waals surface area (Å²) in [6.45, 7) is 1.58. The first kappa shape index (κ1) is 19.4. The summed E-state index contributed by atoms with van der Waals surface area (Å²) in [5.41, 5.74) is 2.65. The Morgan fingerprint density at radius 3 is 1.64 bits per heavy atom. The third-order valence-corrected chi connectivity index (χ3v) is 4.52. The number of carbonyl (C=O) groups is 2. The van der Waals surface area contributed by atoms with E-state index in [0.717, 1.165) is 16.7 Å². The molecule has 0 radical (unpaired) electrons. The molecule has 0 aliphatic rings. The molecule has 142 valence electrons. The number of amides is 1. The number of carbonyl (C=O) groups excluding carboxylic acids is 2. The van der Waals surface area contributed by atoms with Crippen molar-refractivity contribution in [2.45, 2.75) is 18.9 Å². The first-order valence-electron chi connectivity index (χ1n) is 9.26. The highest BCUT2D eigenvalue weighted by atomic mass is 16.5. The van der Waals surface area contributed by atoms with Crippen LogP contribution in [0, 0.1) is 0 Å². The second kappa shape index (κ2) is 9.51. The molecule has 1 atom stereocenters. The van der Waals surface area contributed by atoms with Gasteiger partial charge in [-0.25, -0.2) is 0 Å². The van der Waals surface area contributed by atoms with Gasteiger partial charge in [0.2, 0.25) is 0 Å². The van der Waals surface area contributed by atoms with E-state index in [1.165, 1.54) is 0 Å². The van der Waals surface area contributed by atoms with Crippen LogP contribution < -0.4 is 5.32 Å². The SMILES string of the molecule is CC(NC(=O)COC(=O)C(c1ccccc1)c1ccccc1)c1ccccc1. The number of ether oxygens (including phenoxy) is 1. The molecular weight excluding hydrogens is 350 g/mol. The number of benzene rings is 3. The Bertz CT molecular complexity index is 855. The smallest absolute Gasteiger partial charge is 0.318 e. The van der Waals surface area contributed by atoms with Crippen molar-refractivity contribution in [2.24, 2.45) is 0 Å². The fourth-order valence-electron chi connectivity index (χ4n) is 3.08. The molecule has 0 bridgehead atoms. The minimum absolute atomic E-state index is 0.161. The van der Waals surface area contributed by atoms with Gasteiger partial charge in [-0.3, -0.25) is 9.59 Å².